The van der Waals surface area contributed by atoms with Crippen LogP contribution in [-0.2, 0) is 24.5 Å². The molecule has 0 unspecified atom stereocenters. The van der Waals surface area contributed by atoms with Gasteiger partial charge in [-0.25, -0.2) is 0 Å². The van der Waals surface area contributed by atoms with E-state index < -0.39 is 5.41 Å². The molecule has 0 saturated carbocycles. The fourth-order valence-electron chi connectivity index (χ4n) is 4.80. The van der Waals surface area contributed by atoms with Crippen molar-refractivity contribution in [2.45, 2.75) is 51.4 Å². The molecule has 0 aromatic heterocycles. The van der Waals surface area contributed by atoms with E-state index in [4.69, 9.17) is 4.74 Å². The van der Waals surface area contributed by atoms with Crippen LogP contribution in [0.4, 0.5) is 0 Å². The Morgan fingerprint density at radius 1 is 1.03 bits per heavy atom. The first-order valence-electron chi connectivity index (χ1n) is 11.2. The molecule has 1 aromatic rings. The molecule has 6 heteroatoms. The van der Waals surface area contributed by atoms with Crippen LogP contribution in [0.5, 0.6) is 0 Å². The van der Waals surface area contributed by atoms with Gasteiger partial charge in [0.15, 0.2) is 0 Å². The van der Waals surface area contributed by atoms with Crippen LogP contribution in [0, 0.1) is 5.92 Å². The van der Waals surface area contributed by atoms with Crippen molar-refractivity contribution in [1.29, 1.82) is 0 Å². The van der Waals surface area contributed by atoms with Gasteiger partial charge in [0, 0.05) is 26.1 Å². The lowest BCUT2D eigenvalue weighted by atomic mass is 9.70. The van der Waals surface area contributed by atoms with E-state index in [0.29, 0.717) is 39.0 Å². The predicted octanol–water partition coefficient (Wildman–Crippen LogP) is 2.80. The number of ketones is 1. The van der Waals surface area contributed by atoms with Crippen molar-refractivity contribution >= 4 is 17.7 Å². The maximum atomic E-state index is 12.6. The van der Waals surface area contributed by atoms with Crippen LogP contribution in [-0.4, -0.2) is 66.8 Å². The van der Waals surface area contributed by atoms with Crippen LogP contribution in [0.15, 0.2) is 30.3 Å². The molecule has 0 spiro atoms. The number of esters is 1. The van der Waals surface area contributed by atoms with Gasteiger partial charge in [0.05, 0.1) is 17.9 Å². The van der Waals surface area contributed by atoms with Crippen LogP contribution in [0.25, 0.3) is 0 Å². The van der Waals surface area contributed by atoms with Crippen molar-refractivity contribution < 1.29 is 19.1 Å². The van der Waals surface area contributed by atoms with E-state index in [1.54, 1.807) is 6.92 Å². The second-order valence-electron chi connectivity index (χ2n) is 8.50. The smallest absolute Gasteiger partial charge is 0.309 e. The zero-order chi connectivity index (χ0) is 21.6. The topological polar surface area (TPSA) is 66.9 Å². The molecule has 2 fully saturated rings. The Kier molecular flexibility index (Phi) is 7.64. The molecule has 3 rings (SSSR count). The average Bonchev–Trinajstić information content (AvgIpc) is 2.78. The van der Waals surface area contributed by atoms with Crippen molar-refractivity contribution in [3.63, 3.8) is 0 Å². The molecule has 30 heavy (non-hydrogen) atoms. The summed E-state index contributed by atoms with van der Waals surface area (Å²) in [6.07, 6.45) is 3.46. The lowest BCUT2D eigenvalue weighted by molar-refractivity contribution is -0.151. The van der Waals surface area contributed by atoms with Crippen molar-refractivity contribution in [2.75, 3.05) is 39.3 Å². The molecule has 2 aliphatic heterocycles. The van der Waals surface area contributed by atoms with E-state index >= 15 is 0 Å². The Balaban J connectivity index is 1.45. The fraction of sp³-hybridized carbons (Fsp3) is 0.625. The molecular formula is C24H34N2O4. The third kappa shape index (κ3) is 5.09. The SMILES string of the molecule is CCOC(=O)C1CCN(C(=O)CCN2CCC(C(C)=O)(c3ccccc3)CC2)CC1. The largest absolute Gasteiger partial charge is 0.466 e. The van der Waals surface area contributed by atoms with Gasteiger partial charge >= 0.3 is 5.97 Å². The van der Waals surface area contributed by atoms with Gasteiger partial charge in [-0.1, -0.05) is 30.3 Å². The van der Waals surface area contributed by atoms with Gasteiger partial charge in [-0.2, -0.15) is 0 Å². The Bertz CT molecular complexity index is 733. The number of carbonyl (C=O) groups excluding carboxylic acids is 3. The maximum Gasteiger partial charge on any atom is 0.309 e. The number of benzene rings is 1. The fourth-order valence-corrected chi connectivity index (χ4v) is 4.80. The van der Waals surface area contributed by atoms with E-state index in [1.165, 1.54) is 0 Å². The zero-order valence-electron chi connectivity index (χ0n) is 18.3. The molecule has 2 aliphatic rings. The lowest BCUT2D eigenvalue weighted by Crippen LogP contribution is -2.47. The predicted molar refractivity (Wildman–Crippen MR) is 115 cm³/mol. The van der Waals surface area contributed by atoms with E-state index in [2.05, 4.69) is 17.0 Å². The third-order valence-electron chi connectivity index (χ3n) is 6.82. The number of carbonyl (C=O) groups is 3. The second kappa shape index (κ2) is 10.2. The van der Waals surface area contributed by atoms with Crippen LogP contribution in [0.3, 0.4) is 0 Å². The lowest BCUT2D eigenvalue weighted by Gasteiger charge is -2.41. The van der Waals surface area contributed by atoms with Crippen LogP contribution >= 0.6 is 0 Å². The number of Topliss-reactive ketones (excluding diaryl/α,β-unsaturated/α-hetero) is 1. The van der Waals surface area contributed by atoms with Crippen molar-refractivity contribution in [1.82, 2.24) is 9.80 Å². The summed E-state index contributed by atoms with van der Waals surface area (Å²) in [6.45, 7) is 7.55. The summed E-state index contributed by atoms with van der Waals surface area (Å²) in [5.74, 6) is 0.178. The van der Waals surface area contributed by atoms with Gasteiger partial charge in [0.25, 0.3) is 0 Å². The first kappa shape index (κ1) is 22.5. The standard InChI is InChI=1S/C24H34N2O4/c1-3-30-23(29)20-9-15-26(16-10-20)22(28)11-14-25-17-12-24(13-18-25,19(2)27)21-7-5-4-6-8-21/h4-8,20H,3,9-18H2,1-2H3. The molecular weight excluding hydrogens is 380 g/mol. The quantitative estimate of drug-likeness (QED) is 0.642. The van der Waals surface area contributed by atoms with Crippen molar-refractivity contribution in [3.05, 3.63) is 35.9 Å². The molecule has 1 aromatic carbocycles. The first-order chi connectivity index (χ1) is 14.5. The van der Waals surface area contributed by atoms with Crippen molar-refractivity contribution in [2.24, 2.45) is 5.92 Å². The highest BCUT2D eigenvalue weighted by atomic mass is 16.5. The maximum absolute atomic E-state index is 12.6. The Hall–Kier alpha value is -2.21. The van der Waals surface area contributed by atoms with Gasteiger partial charge in [0.1, 0.15) is 5.78 Å². The summed E-state index contributed by atoms with van der Waals surface area (Å²) in [4.78, 5) is 41.2. The number of nitrogens with zero attached hydrogens (tertiary/aromatic N) is 2. The monoisotopic (exact) mass is 414 g/mol. The Labute approximate surface area is 179 Å². The zero-order valence-corrected chi connectivity index (χ0v) is 18.3. The Morgan fingerprint density at radius 2 is 1.67 bits per heavy atom. The molecule has 1 amide bonds. The van der Waals surface area contributed by atoms with E-state index in [9.17, 15) is 14.4 Å². The minimum Gasteiger partial charge on any atom is -0.466 e. The molecule has 0 radical (unpaired) electrons. The van der Waals surface area contributed by atoms with E-state index in [-0.39, 0.29) is 23.6 Å². The number of amides is 1. The molecule has 2 heterocycles. The van der Waals surface area contributed by atoms with Gasteiger partial charge in [-0.3, -0.25) is 14.4 Å². The number of hydrogen-bond acceptors (Lipinski definition) is 5. The van der Waals surface area contributed by atoms with Crippen LogP contribution in [0.1, 0.15) is 51.5 Å². The minimum absolute atomic E-state index is 0.0752. The van der Waals surface area contributed by atoms with Gasteiger partial charge < -0.3 is 14.5 Å². The molecule has 0 N–H and O–H groups in total. The highest BCUT2D eigenvalue weighted by Crippen LogP contribution is 2.36. The second-order valence-corrected chi connectivity index (χ2v) is 8.50. The first-order valence-corrected chi connectivity index (χ1v) is 11.2. The third-order valence-corrected chi connectivity index (χ3v) is 6.82. The number of hydrogen-bond donors (Lipinski definition) is 0. The molecule has 0 bridgehead atoms. The number of likely N-dealkylation sites (tertiary alicyclic amines) is 2. The average molecular weight is 415 g/mol. The normalized spacial score (nSPS) is 20.0. The molecule has 2 saturated heterocycles. The molecule has 0 atom stereocenters. The number of ether oxygens (including phenoxy) is 1. The van der Waals surface area contributed by atoms with Crippen LogP contribution in [0.2, 0.25) is 0 Å². The molecule has 0 aliphatic carbocycles. The highest BCUT2D eigenvalue weighted by Gasteiger charge is 2.40. The summed E-state index contributed by atoms with van der Waals surface area (Å²) in [7, 11) is 0. The van der Waals surface area contributed by atoms with Gasteiger partial charge in [0.2, 0.25) is 5.91 Å². The summed E-state index contributed by atoms with van der Waals surface area (Å²) in [5.41, 5.74) is 0.717. The minimum atomic E-state index is -0.392. The molecule has 6 nitrogen and oxygen atoms in total. The Morgan fingerprint density at radius 3 is 2.23 bits per heavy atom. The highest BCUT2D eigenvalue weighted by molar-refractivity contribution is 5.88. The van der Waals surface area contributed by atoms with Crippen molar-refractivity contribution in [3.8, 4) is 0 Å². The number of piperidine rings is 2. The summed E-state index contributed by atoms with van der Waals surface area (Å²) in [6, 6.07) is 10.1. The summed E-state index contributed by atoms with van der Waals surface area (Å²) in [5, 5.41) is 0. The number of rotatable bonds is 7. The molecule has 164 valence electrons. The van der Waals surface area contributed by atoms with Crippen LogP contribution < -0.4 is 0 Å². The summed E-state index contributed by atoms with van der Waals surface area (Å²) >= 11 is 0. The van der Waals surface area contributed by atoms with E-state index in [0.717, 1.165) is 38.0 Å². The summed E-state index contributed by atoms with van der Waals surface area (Å²) < 4.78 is 5.10. The van der Waals surface area contributed by atoms with Gasteiger partial charge in [-0.05, 0) is 58.2 Å². The van der Waals surface area contributed by atoms with Gasteiger partial charge in [-0.15, -0.1) is 0 Å². The van der Waals surface area contributed by atoms with E-state index in [1.807, 2.05) is 30.0 Å².